The number of alkyl halides is 6. The second kappa shape index (κ2) is 7.19. The zero-order valence-corrected chi connectivity index (χ0v) is 13.0. The van der Waals surface area contributed by atoms with E-state index in [0.717, 1.165) is 6.92 Å². The third-order valence-electron chi connectivity index (χ3n) is 2.91. The average Bonchev–Trinajstić information content (AvgIpc) is 2.44. The molecule has 0 saturated carbocycles. The monoisotopic (exact) mass is 372 g/mol. The van der Waals surface area contributed by atoms with Crippen molar-refractivity contribution in [3.63, 3.8) is 0 Å². The Hall–Kier alpha value is -2.46. The van der Waals surface area contributed by atoms with Crippen molar-refractivity contribution in [1.29, 1.82) is 0 Å². The minimum Gasteiger partial charge on any atom is -0.463 e. The van der Waals surface area contributed by atoms with E-state index in [-0.39, 0.29) is 0 Å². The maximum atomic E-state index is 13.5. The SMILES string of the molecule is CCOC(=O)[C@@](NC(C)=O)(Nc1ccc(C(F)(F)F)cc1)C(F)(F)F. The molecule has 1 rings (SSSR count). The smallest absolute Gasteiger partial charge is 0.441 e. The maximum Gasteiger partial charge on any atom is 0.441 e. The molecule has 0 radical (unpaired) electrons. The van der Waals surface area contributed by atoms with E-state index in [9.17, 15) is 35.9 Å². The summed E-state index contributed by atoms with van der Waals surface area (Å²) in [5, 5.41) is 3.17. The molecule has 0 bridgehead atoms. The number of hydrogen-bond acceptors (Lipinski definition) is 4. The Balaban J connectivity index is 3.32. The molecule has 1 amide bonds. The van der Waals surface area contributed by atoms with Crippen LogP contribution in [0.2, 0.25) is 0 Å². The van der Waals surface area contributed by atoms with E-state index >= 15 is 0 Å². The van der Waals surface area contributed by atoms with Crippen molar-refractivity contribution in [2.45, 2.75) is 31.9 Å². The number of esters is 1. The Morgan fingerprint density at radius 1 is 1.04 bits per heavy atom. The predicted molar refractivity (Wildman–Crippen MR) is 74.3 cm³/mol. The van der Waals surface area contributed by atoms with Gasteiger partial charge in [-0.15, -0.1) is 0 Å². The minimum absolute atomic E-state index is 0.412. The van der Waals surface area contributed by atoms with Crippen LogP contribution in [0, 0.1) is 0 Å². The second-order valence-electron chi connectivity index (χ2n) is 4.85. The maximum absolute atomic E-state index is 13.5. The van der Waals surface area contributed by atoms with Gasteiger partial charge < -0.3 is 15.4 Å². The van der Waals surface area contributed by atoms with Gasteiger partial charge in [0.2, 0.25) is 5.91 Å². The van der Waals surface area contributed by atoms with Gasteiger partial charge in [-0.2, -0.15) is 26.3 Å². The fourth-order valence-corrected chi connectivity index (χ4v) is 1.85. The topological polar surface area (TPSA) is 67.4 Å². The van der Waals surface area contributed by atoms with Gasteiger partial charge in [0, 0.05) is 12.6 Å². The number of benzene rings is 1. The number of nitrogens with one attached hydrogen (secondary N) is 2. The molecule has 0 unspecified atom stereocenters. The lowest BCUT2D eigenvalue weighted by molar-refractivity contribution is -0.207. The summed E-state index contributed by atoms with van der Waals surface area (Å²) < 4.78 is 82.4. The molecule has 0 spiro atoms. The van der Waals surface area contributed by atoms with E-state index in [4.69, 9.17) is 0 Å². The molecule has 25 heavy (non-hydrogen) atoms. The first kappa shape index (κ1) is 20.6. The highest BCUT2D eigenvalue weighted by molar-refractivity contribution is 5.90. The van der Waals surface area contributed by atoms with E-state index in [0.29, 0.717) is 24.3 Å². The van der Waals surface area contributed by atoms with Crippen molar-refractivity contribution in [2.75, 3.05) is 11.9 Å². The van der Waals surface area contributed by atoms with Gasteiger partial charge in [-0.1, -0.05) is 0 Å². The lowest BCUT2D eigenvalue weighted by atomic mass is 10.1. The molecule has 2 N–H and O–H groups in total. The normalized spacial score (nSPS) is 14.4. The van der Waals surface area contributed by atoms with E-state index < -0.39 is 47.7 Å². The van der Waals surface area contributed by atoms with Gasteiger partial charge in [-0.3, -0.25) is 4.79 Å². The standard InChI is InChI=1S/C14H14F6N2O3/c1-3-25-11(24)12(14(18,19)20,21-8(2)23)22-10-6-4-9(5-7-10)13(15,16)17/h4-7,22H,3H2,1-2H3,(H,21,23)/t12-/m1/s1. The van der Waals surface area contributed by atoms with E-state index in [1.807, 2.05) is 0 Å². The van der Waals surface area contributed by atoms with E-state index in [1.54, 1.807) is 5.32 Å². The molecule has 0 heterocycles. The summed E-state index contributed by atoms with van der Waals surface area (Å²) in [6, 6.07) is 2.46. The molecule has 0 fully saturated rings. The van der Waals surface area contributed by atoms with Crippen LogP contribution in [-0.4, -0.2) is 30.3 Å². The number of anilines is 1. The fourth-order valence-electron chi connectivity index (χ4n) is 1.85. The number of halogens is 6. The second-order valence-corrected chi connectivity index (χ2v) is 4.85. The van der Waals surface area contributed by atoms with Crippen molar-refractivity contribution in [3.05, 3.63) is 29.8 Å². The Kier molecular flexibility index (Phi) is 5.92. The lowest BCUT2D eigenvalue weighted by Gasteiger charge is -2.35. The Morgan fingerprint density at radius 3 is 1.92 bits per heavy atom. The van der Waals surface area contributed by atoms with Crippen LogP contribution in [0.5, 0.6) is 0 Å². The van der Waals surface area contributed by atoms with Gasteiger partial charge in [0.05, 0.1) is 12.2 Å². The van der Waals surface area contributed by atoms with Gasteiger partial charge in [0.15, 0.2) is 0 Å². The quantitative estimate of drug-likeness (QED) is 0.474. The van der Waals surface area contributed by atoms with Crippen molar-refractivity contribution < 1.29 is 40.7 Å². The molecular weight excluding hydrogens is 358 g/mol. The number of amides is 1. The van der Waals surface area contributed by atoms with Crippen LogP contribution in [0.15, 0.2) is 24.3 Å². The van der Waals surface area contributed by atoms with Crippen LogP contribution >= 0.6 is 0 Å². The van der Waals surface area contributed by atoms with Crippen LogP contribution in [0.1, 0.15) is 19.4 Å². The van der Waals surface area contributed by atoms with Gasteiger partial charge in [-0.25, -0.2) is 4.79 Å². The molecular formula is C14H14F6N2O3. The molecule has 0 aliphatic rings. The molecule has 5 nitrogen and oxygen atoms in total. The van der Waals surface area contributed by atoms with Gasteiger partial charge in [0.1, 0.15) is 0 Å². The van der Waals surface area contributed by atoms with Crippen molar-refractivity contribution in [3.8, 4) is 0 Å². The summed E-state index contributed by atoms with van der Waals surface area (Å²) in [5.41, 5.74) is -5.22. The van der Waals surface area contributed by atoms with Gasteiger partial charge in [0.25, 0.3) is 0 Å². The largest absolute Gasteiger partial charge is 0.463 e. The molecule has 0 aliphatic carbocycles. The van der Waals surface area contributed by atoms with Crippen LogP contribution < -0.4 is 10.6 Å². The van der Waals surface area contributed by atoms with Crippen molar-refractivity contribution in [1.82, 2.24) is 5.32 Å². The fraction of sp³-hybridized carbons (Fsp3) is 0.429. The van der Waals surface area contributed by atoms with Crippen LogP contribution in [0.4, 0.5) is 32.0 Å². The number of carbonyl (C=O) groups excluding carboxylic acids is 2. The molecule has 1 aromatic rings. The highest BCUT2D eigenvalue weighted by Crippen LogP contribution is 2.34. The van der Waals surface area contributed by atoms with Crippen molar-refractivity contribution in [2.24, 2.45) is 0 Å². The summed E-state index contributed by atoms with van der Waals surface area (Å²) in [4.78, 5) is 23.1. The Bertz CT molecular complexity index is 627. The molecule has 11 heteroatoms. The van der Waals surface area contributed by atoms with Gasteiger partial charge >= 0.3 is 24.0 Å². The number of hydrogen-bond donors (Lipinski definition) is 2. The highest BCUT2D eigenvalue weighted by Gasteiger charge is 2.63. The van der Waals surface area contributed by atoms with Crippen molar-refractivity contribution >= 4 is 17.6 Å². The number of rotatable bonds is 5. The molecule has 1 atom stereocenters. The Labute approximate surface area is 138 Å². The molecule has 1 aromatic carbocycles. The molecule has 0 saturated heterocycles. The summed E-state index contributed by atoms with van der Waals surface area (Å²) in [6.07, 6.45) is -10.0. The molecule has 0 aliphatic heterocycles. The molecule has 140 valence electrons. The first-order valence-electron chi connectivity index (χ1n) is 6.81. The van der Waals surface area contributed by atoms with E-state index in [1.165, 1.54) is 12.2 Å². The average molecular weight is 372 g/mol. The Morgan fingerprint density at radius 2 is 1.56 bits per heavy atom. The first-order chi connectivity index (χ1) is 11.3. The van der Waals surface area contributed by atoms with Gasteiger partial charge in [-0.05, 0) is 31.2 Å². The summed E-state index contributed by atoms with van der Waals surface area (Å²) >= 11 is 0. The zero-order chi connectivity index (χ0) is 19.5. The van der Waals surface area contributed by atoms with Crippen LogP contribution in [0.3, 0.4) is 0 Å². The summed E-state index contributed by atoms with van der Waals surface area (Å²) in [6.45, 7) is 1.59. The number of carbonyl (C=O) groups is 2. The zero-order valence-electron chi connectivity index (χ0n) is 13.0. The van der Waals surface area contributed by atoms with E-state index in [2.05, 4.69) is 4.74 Å². The molecule has 0 aromatic heterocycles. The number of ether oxygens (including phenoxy) is 1. The van der Waals surface area contributed by atoms with Crippen LogP contribution in [-0.2, 0) is 20.5 Å². The predicted octanol–water partition coefficient (Wildman–Crippen LogP) is 3.08. The summed E-state index contributed by atoms with van der Waals surface area (Å²) in [7, 11) is 0. The highest BCUT2D eigenvalue weighted by atomic mass is 19.4. The summed E-state index contributed by atoms with van der Waals surface area (Å²) in [5.74, 6) is -3.05. The third kappa shape index (κ3) is 4.77. The minimum atomic E-state index is -5.34. The lowest BCUT2D eigenvalue weighted by Crippen LogP contribution is -2.69. The first-order valence-corrected chi connectivity index (χ1v) is 6.81. The van der Waals surface area contributed by atoms with Crippen LogP contribution in [0.25, 0.3) is 0 Å². The third-order valence-corrected chi connectivity index (χ3v) is 2.91.